The second kappa shape index (κ2) is 5.38. The molecule has 0 saturated carbocycles. The molecule has 18 heavy (non-hydrogen) atoms. The molecule has 2 rings (SSSR count). The molecule has 0 unspecified atom stereocenters. The third kappa shape index (κ3) is 2.81. The van der Waals surface area contributed by atoms with Gasteiger partial charge in [-0.25, -0.2) is 4.39 Å². The van der Waals surface area contributed by atoms with Crippen LogP contribution >= 0.6 is 27.5 Å². The number of benzene rings is 2. The van der Waals surface area contributed by atoms with Gasteiger partial charge >= 0.3 is 0 Å². The number of nitrogens with zero attached hydrogens (tertiary/aromatic N) is 1. The molecule has 0 atom stereocenters. The molecule has 2 aromatic carbocycles. The second-order valence-corrected chi connectivity index (χ2v) is 4.82. The second-order valence-electron chi connectivity index (χ2n) is 3.56. The van der Waals surface area contributed by atoms with Gasteiger partial charge in [-0.05, 0) is 52.3 Å². The van der Waals surface area contributed by atoms with Crippen molar-refractivity contribution in [3.05, 3.63) is 57.3 Å². The van der Waals surface area contributed by atoms with E-state index in [0.29, 0.717) is 22.0 Å². The summed E-state index contributed by atoms with van der Waals surface area (Å²) in [5.74, 6) is -0.342. The zero-order chi connectivity index (χ0) is 13.1. The fourth-order valence-electron chi connectivity index (χ4n) is 1.42. The van der Waals surface area contributed by atoms with Crippen molar-refractivity contribution in [1.29, 1.82) is 5.26 Å². The molecule has 0 aliphatic heterocycles. The van der Waals surface area contributed by atoms with E-state index in [2.05, 4.69) is 21.2 Å². The maximum atomic E-state index is 13.1. The Bertz CT molecular complexity index is 637. The topological polar surface area (TPSA) is 35.8 Å². The van der Waals surface area contributed by atoms with E-state index in [-0.39, 0.29) is 5.82 Å². The Hall–Kier alpha value is -1.57. The smallest absolute Gasteiger partial charge is 0.125 e. The molecule has 0 aliphatic carbocycles. The van der Waals surface area contributed by atoms with Crippen molar-refractivity contribution in [2.45, 2.75) is 0 Å². The molecule has 1 N–H and O–H groups in total. The molecule has 2 aromatic rings. The fraction of sp³-hybridized carbons (Fsp3) is 0. The number of halogens is 3. The maximum Gasteiger partial charge on any atom is 0.125 e. The summed E-state index contributed by atoms with van der Waals surface area (Å²) in [7, 11) is 0. The molecule has 90 valence electrons. The standard InChI is InChI=1S/C13H7BrClFN2/c14-10-3-2-9(16)6-13(10)18-12-4-1-8(7-17)5-11(12)15/h1-6,18H. The van der Waals surface area contributed by atoms with Crippen molar-refractivity contribution in [2.24, 2.45) is 0 Å². The Morgan fingerprint density at radius 2 is 1.94 bits per heavy atom. The van der Waals surface area contributed by atoms with Crippen LogP contribution in [0.4, 0.5) is 15.8 Å². The predicted octanol–water partition coefficient (Wildman–Crippen LogP) is 4.86. The van der Waals surface area contributed by atoms with Gasteiger partial charge in [-0.2, -0.15) is 5.26 Å². The molecule has 0 bridgehead atoms. The van der Waals surface area contributed by atoms with Gasteiger partial charge in [-0.3, -0.25) is 0 Å². The highest BCUT2D eigenvalue weighted by atomic mass is 79.9. The first-order valence-electron chi connectivity index (χ1n) is 5.02. The van der Waals surface area contributed by atoms with Crippen LogP contribution < -0.4 is 5.32 Å². The lowest BCUT2D eigenvalue weighted by Gasteiger charge is -2.10. The van der Waals surface area contributed by atoms with Crippen LogP contribution in [-0.2, 0) is 0 Å². The van der Waals surface area contributed by atoms with Crippen molar-refractivity contribution in [3.8, 4) is 6.07 Å². The van der Waals surface area contributed by atoms with Crippen LogP contribution in [0.15, 0.2) is 40.9 Å². The molecule has 0 amide bonds. The first-order valence-corrected chi connectivity index (χ1v) is 6.19. The summed E-state index contributed by atoms with van der Waals surface area (Å²) in [6.45, 7) is 0. The largest absolute Gasteiger partial charge is 0.353 e. The van der Waals surface area contributed by atoms with Gasteiger partial charge in [0, 0.05) is 4.47 Å². The summed E-state index contributed by atoms with van der Waals surface area (Å²) in [6, 6.07) is 11.2. The lowest BCUT2D eigenvalue weighted by atomic mass is 10.2. The van der Waals surface area contributed by atoms with Gasteiger partial charge in [-0.15, -0.1) is 0 Å². The average molecular weight is 326 g/mol. The van der Waals surface area contributed by atoms with Crippen LogP contribution in [0.5, 0.6) is 0 Å². The van der Waals surface area contributed by atoms with Crippen LogP contribution in [0.25, 0.3) is 0 Å². The van der Waals surface area contributed by atoms with Crippen LogP contribution in [0.2, 0.25) is 5.02 Å². The third-order valence-corrected chi connectivity index (χ3v) is 3.30. The predicted molar refractivity (Wildman–Crippen MR) is 73.5 cm³/mol. The molecular weight excluding hydrogens is 319 g/mol. The summed E-state index contributed by atoms with van der Waals surface area (Å²) in [4.78, 5) is 0. The van der Waals surface area contributed by atoms with Gasteiger partial charge in [-0.1, -0.05) is 11.6 Å². The zero-order valence-corrected chi connectivity index (χ0v) is 11.4. The summed E-state index contributed by atoms with van der Waals surface area (Å²) >= 11 is 9.34. The molecule has 0 fully saturated rings. The van der Waals surface area contributed by atoms with Crippen LogP contribution in [-0.4, -0.2) is 0 Å². The molecule has 5 heteroatoms. The Kier molecular flexibility index (Phi) is 3.85. The van der Waals surface area contributed by atoms with E-state index in [9.17, 15) is 4.39 Å². The highest BCUT2D eigenvalue weighted by Crippen LogP contribution is 2.30. The molecule has 0 heterocycles. The van der Waals surface area contributed by atoms with E-state index >= 15 is 0 Å². The van der Waals surface area contributed by atoms with Gasteiger partial charge in [0.1, 0.15) is 5.82 Å². The molecule has 2 nitrogen and oxygen atoms in total. The summed E-state index contributed by atoms with van der Waals surface area (Å²) in [5, 5.41) is 12.1. The van der Waals surface area contributed by atoms with E-state index in [1.807, 2.05) is 6.07 Å². The maximum absolute atomic E-state index is 13.1. The van der Waals surface area contributed by atoms with E-state index in [0.717, 1.165) is 4.47 Å². The number of hydrogen-bond donors (Lipinski definition) is 1. The Balaban J connectivity index is 2.34. The van der Waals surface area contributed by atoms with Gasteiger partial charge in [0.15, 0.2) is 0 Å². The summed E-state index contributed by atoms with van der Waals surface area (Å²) in [6.07, 6.45) is 0. The minimum Gasteiger partial charge on any atom is -0.353 e. The fourth-order valence-corrected chi connectivity index (χ4v) is 2.00. The molecule has 0 saturated heterocycles. The van der Waals surface area contributed by atoms with Gasteiger partial charge in [0.25, 0.3) is 0 Å². The number of anilines is 2. The van der Waals surface area contributed by atoms with Crippen molar-refractivity contribution < 1.29 is 4.39 Å². The summed E-state index contributed by atoms with van der Waals surface area (Å²) in [5.41, 5.74) is 1.66. The lowest BCUT2D eigenvalue weighted by molar-refractivity contribution is 0.628. The van der Waals surface area contributed by atoms with E-state index in [1.165, 1.54) is 12.1 Å². The monoisotopic (exact) mass is 324 g/mol. The number of rotatable bonds is 2. The van der Waals surface area contributed by atoms with Crippen molar-refractivity contribution in [2.75, 3.05) is 5.32 Å². The normalized spacial score (nSPS) is 9.89. The quantitative estimate of drug-likeness (QED) is 0.856. The highest BCUT2D eigenvalue weighted by molar-refractivity contribution is 9.10. The molecule has 0 spiro atoms. The van der Waals surface area contributed by atoms with Crippen LogP contribution in [0.1, 0.15) is 5.56 Å². The van der Waals surface area contributed by atoms with Gasteiger partial charge < -0.3 is 5.32 Å². The van der Waals surface area contributed by atoms with Crippen molar-refractivity contribution >= 4 is 38.9 Å². The van der Waals surface area contributed by atoms with Crippen LogP contribution in [0, 0.1) is 17.1 Å². The van der Waals surface area contributed by atoms with Gasteiger partial charge in [0.2, 0.25) is 0 Å². The highest BCUT2D eigenvalue weighted by Gasteiger charge is 2.06. The molecule has 0 aromatic heterocycles. The molecule has 0 aliphatic rings. The zero-order valence-electron chi connectivity index (χ0n) is 9.05. The summed E-state index contributed by atoms with van der Waals surface area (Å²) < 4.78 is 13.9. The molecule has 0 radical (unpaired) electrons. The Morgan fingerprint density at radius 3 is 2.61 bits per heavy atom. The minimum atomic E-state index is -0.342. The third-order valence-electron chi connectivity index (χ3n) is 2.30. The molecular formula is C13H7BrClFN2. The minimum absolute atomic E-state index is 0.342. The Morgan fingerprint density at radius 1 is 1.17 bits per heavy atom. The van der Waals surface area contributed by atoms with Crippen LogP contribution in [0.3, 0.4) is 0 Å². The van der Waals surface area contributed by atoms with E-state index in [4.69, 9.17) is 16.9 Å². The first-order chi connectivity index (χ1) is 8.60. The lowest BCUT2D eigenvalue weighted by Crippen LogP contribution is -1.93. The number of nitrogens with one attached hydrogen (secondary N) is 1. The first kappa shape index (κ1) is 12.9. The number of hydrogen-bond acceptors (Lipinski definition) is 2. The average Bonchev–Trinajstić information content (AvgIpc) is 2.36. The number of nitriles is 1. The van der Waals surface area contributed by atoms with E-state index in [1.54, 1.807) is 24.3 Å². The van der Waals surface area contributed by atoms with Crippen molar-refractivity contribution in [1.82, 2.24) is 0 Å². The van der Waals surface area contributed by atoms with Gasteiger partial charge in [0.05, 0.1) is 28.0 Å². The van der Waals surface area contributed by atoms with Crippen molar-refractivity contribution in [3.63, 3.8) is 0 Å². The SMILES string of the molecule is N#Cc1ccc(Nc2cc(F)ccc2Br)c(Cl)c1. The Labute approximate surface area is 117 Å². The van der Waals surface area contributed by atoms with E-state index < -0.39 is 0 Å².